The normalized spacial score (nSPS) is 18.8. The van der Waals surface area contributed by atoms with Crippen LogP contribution in [0.15, 0.2) is 18.5 Å². The summed E-state index contributed by atoms with van der Waals surface area (Å²) in [6.45, 7) is 2.35. The Balaban J connectivity index is 2.32. The number of halogens is 1. The van der Waals surface area contributed by atoms with Gasteiger partial charge in [0.2, 0.25) is 0 Å². The van der Waals surface area contributed by atoms with E-state index in [1.165, 1.54) is 12.3 Å². The third kappa shape index (κ3) is 3.00. The molecule has 0 aromatic carbocycles. The van der Waals surface area contributed by atoms with E-state index in [4.69, 9.17) is 4.74 Å². The number of nitrogens with zero attached hydrogens (tertiary/aromatic N) is 1. The van der Waals surface area contributed by atoms with Gasteiger partial charge in [-0.3, -0.25) is 9.78 Å². The SMILES string of the molecule is CCOC1(C(=O)c2ccncc2F)CCCCCC1. The van der Waals surface area contributed by atoms with Gasteiger partial charge in [-0.05, 0) is 25.8 Å². The van der Waals surface area contributed by atoms with E-state index < -0.39 is 11.4 Å². The summed E-state index contributed by atoms with van der Waals surface area (Å²) < 4.78 is 19.6. The molecule has 0 spiro atoms. The lowest BCUT2D eigenvalue weighted by atomic mass is 9.86. The van der Waals surface area contributed by atoms with Crippen LogP contribution in [0.2, 0.25) is 0 Å². The number of Topliss-reactive ketones (excluding diaryl/α,β-unsaturated/α-hetero) is 1. The van der Waals surface area contributed by atoms with Crippen LogP contribution in [0.25, 0.3) is 0 Å². The molecule has 4 heteroatoms. The molecule has 0 radical (unpaired) electrons. The van der Waals surface area contributed by atoms with Crippen LogP contribution in [-0.4, -0.2) is 23.0 Å². The van der Waals surface area contributed by atoms with Crippen molar-refractivity contribution in [2.75, 3.05) is 6.61 Å². The Bertz CT molecular complexity index is 440. The standard InChI is InChI=1S/C15H20FNO2/c1-2-19-15(8-5-3-4-6-9-15)14(18)12-7-10-17-11-13(12)16/h7,10-11H,2-6,8-9H2,1H3. The topological polar surface area (TPSA) is 39.2 Å². The molecule has 1 saturated carbocycles. The Hall–Kier alpha value is -1.29. The van der Waals surface area contributed by atoms with Gasteiger partial charge in [0.15, 0.2) is 11.6 Å². The average Bonchev–Trinajstić information content (AvgIpc) is 2.66. The van der Waals surface area contributed by atoms with Crippen LogP contribution in [0, 0.1) is 5.82 Å². The molecule has 0 unspecified atom stereocenters. The van der Waals surface area contributed by atoms with Crippen molar-refractivity contribution in [3.8, 4) is 0 Å². The molecule has 0 N–H and O–H groups in total. The lowest BCUT2D eigenvalue weighted by molar-refractivity contribution is -0.0295. The maximum atomic E-state index is 13.8. The fourth-order valence-electron chi connectivity index (χ4n) is 2.82. The van der Waals surface area contributed by atoms with Crippen LogP contribution in [0.5, 0.6) is 0 Å². The van der Waals surface area contributed by atoms with Crippen molar-refractivity contribution in [1.29, 1.82) is 0 Å². The summed E-state index contributed by atoms with van der Waals surface area (Å²) in [5.74, 6) is -0.785. The maximum Gasteiger partial charge on any atom is 0.197 e. The Morgan fingerprint density at radius 2 is 2.05 bits per heavy atom. The number of carbonyl (C=O) groups excluding carboxylic acids is 1. The van der Waals surface area contributed by atoms with Gasteiger partial charge < -0.3 is 4.74 Å². The molecule has 1 fully saturated rings. The minimum Gasteiger partial charge on any atom is -0.367 e. The predicted octanol–water partition coefficient (Wildman–Crippen LogP) is 3.53. The molecule has 1 aliphatic carbocycles. The highest BCUT2D eigenvalue weighted by Gasteiger charge is 2.40. The largest absolute Gasteiger partial charge is 0.367 e. The van der Waals surface area contributed by atoms with E-state index in [1.54, 1.807) is 0 Å². The molecule has 1 heterocycles. The summed E-state index contributed by atoms with van der Waals surface area (Å²) in [4.78, 5) is 16.4. The molecule has 3 nitrogen and oxygen atoms in total. The number of aromatic nitrogens is 1. The second-order valence-electron chi connectivity index (χ2n) is 5.03. The molecule has 1 aromatic rings. The smallest absolute Gasteiger partial charge is 0.197 e. The summed E-state index contributed by atoms with van der Waals surface area (Å²) in [5, 5.41) is 0. The quantitative estimate of drug-likeness (QED) is 0.617. The van der Waals surface area contributed by atoms with E-state index in [0.717, 1.165) is 31.9 Å². The summed E-state index contributed by atoms with van der Waals surface area (Å²) in [5.41, 5.74) is -0.738. The van der Waals surface area contributed by atoms with Crippen LogP contribution in [0.1, 0.15) is 55.8 Å². The molecule has 19 heavy (non-hydrogen) atoms. The van der Waals surface area contributed by atoms with Gasteiger partial charge in [-0.2, -0.15) is 0 Å². The van der Waals surface area contributed by atoms with Gasteiger partial charge in [0.1, 0.15) is 5.60 Å². The molecular weight excluding hydrogens is 245 g/mol. The zero-order valence-electron chi connectivity index (χ0n) is 11.3. The molecule has 104 valence electrons. The van der Waals surface area contributed by atoms with E-state index >= 15 is 0 Å². The zero-order chi connectivity index (χ0) is 13.7. The third-order valence-corrected chi connectivity index (χ3v) is 3.76. The van der Waals surface area contributed by atoms with Crippen molar-refractivity contribution >= 4 is 5.78 Å². The third-order valence-electron chi connectivity index (χ3n) is 3.76. The van der Waals surface area contributed by atoms with Crippen LogP contribution >= 0.6 is 0 Å². The summed E-state index contributed by atoms with van der Waals surface area (Å²) >= 11 is 0. The van der Waals surface area contributed by atoms with Crippen molar-refractivity contribution in [2.24, 2.45) is 0 Å². The van der Waals surface area contributed by atoms with E-state index in [1.807, 2.05) is 6.92 Å². The van der Waals surface area contributed by atoms with Gasteiger partial charge in [0.25, 0.3) is 0 Å². The van der Waals surface area contributed by atoms with Gasteiger partial charge in [0, 0.05) is 12.8 Å². The van der Waals surface area contributed by atoms with E-state index in [0.29, 0.717) is 19.4 Å². The van der Waals surface area contributed by atoms with E-state index in [2.05, 4.69) is 4.98 Å². The first-order valence-corrected chi connectivity index (χ1v) is 6.98. The predicted molar refractivity (Wildman–Crippen MR) is 70.6 cm³/mol. The second kappa shape index (κ2) is 6.24. The van der Waals surface area contributed by atoms with Crippen LogP contribution in [-0.2, 0) is 4.74 Å². The first-order valence-electron chi connectivity index (χ1n) is 6.98. The Kier molecular flexibility index (Phi) is 4.64. The highest BCUT2D eigenvalue weighted by molar-refractivity contribution is 6.02. The van der Waals surface area contributed by atoms with E-state index in [-0.39, 0.29) is 11.3 Å². The van der Waals surface area contributed by atoms with Crippen LogP contribution < -0.4 is 0 Å². The van der Waals surface area contributed by atoms with Crippen molar-refractivity contribution < 1.29 is 13.9 Å². The highest BCUT2D eigenvalue weighted by atomic mass is 19.1. The first kappa shape index (κ1) is 14.1. The lowest BCUT2D eigenvalue weighted by Gasteiger charge is -2.31. The molecule has 1 aliphatic rings. The number of hydrogen-bond acceptors (Lipinski definition) is 3. The lowest BCUT2D eigenvalue weighted by Crippen LogP contribution is -2.41. The molecule has 0 atom stereocenters. The summed E-state index contributed by atoms with van der Waals surface area (Å²) in [6, 6.07) is 1.45. The molecule has 0 bridgehead atoms. The molecule has 0 aliphatic heterocycles. The fourth-order valence-corrected chi connectivity index (χ4v) is 2.82. The van der Waals surface area contributed by atoms with E-state index in [9.17, 15) is 9.18 Å². The Morgan fingerprint density at radius 1 is 1.37 bits per heavy atom. The van der Waals surface area contributed by atoms with Crippen LogP contribution in [0.3, 0.4) is 0 Å². The minimum atomic E-state index is -0.840. The van der Waals surface area contributed by atoms with Crippen LogP contribution in [0.4, 0.5) is 4.39 Å². The van der Waals surface area contributed by atoms with Gasteiger partial charge in [-0.1, -0.05) is 25.7 Å². The average molecular weight is 265 g/mol. The second-order valence-corrected chi connectivity index (χ2v) is 5.03. The van der Waals surface area contributed by atoms with Crippen molar-refractivity contribution in [2.45, 2.75) is 51.0 Å². The number of rotatable bonds is 4. The highest BCUT2D eigenvalue weighted by Crippen LogP contribution is 2.34. The molecule has 0 amide bonds. The van der Waals surface area contributed by atoms with Crippen molar-refractivity contribution in [1.82, 2.24) is 4.98 Å². The number of carbonyl (C=O) groups is 1. The number of hydrogen-bond donors (Lipinski definition) is 0. The molecule has 0 saturated heterocycles. The zero-order valence-corrected chi connectivity index (χ0v) is 11.3. The molecule has 2 rings (SSSR count). The van der Waals surface area contributed by atoms with Gasteiger partial charge in [-0.25, -0.2) is 4.39 Å². The molecule has 1 aromatic heterocycles. The van der Waals surface area contributed by atoms with Gasteiger partial charge in [0.05, 0.1) is 11.8 Å². The monoisotopic (exact) mass is 265 g/mol. The van der Waals surface area contributed by atoms with Gasteiger partial charge in [-0.15, -0.1) is 0 Å². The molecular formula is C15H20FNO2. The van der Waals surface area contributed by atoms with Gasteiger partial charge >= 0.3 is 0 Å². The number of ketones is 1. The fraction of sp³-hybridized carbons (Fsp3) is 0.600. The summed E-state index contributed by atoms with van der Waals surface area (Å²) in [6.07, 6.45) is 8.04. The first-order chi connectivity index (χ1) is 9.19. The number of pyridine rings is 1. The summed E-state index contributed by atoms with van der Waals surface area (Å²) in [7, 11) is 0. The minimum absolute atomic E-state index is 0.102. The maximum absolute atomic E-state index is 13.8. The Morgan fingerprint density at radius 3 is 2.63 bits per heavy atom. The Labute approximate surface area is 113 Å². The number of ether oxygens (including phenoxy) is 1. The van der Waals surface area contributed by atoms with Crippen molar-refractivity contribution in [3.05, 3.63) is 29.8 Å². The van der Waals surface area contributed by atoms with Crippen molar-refractivity contribution in [3.63, 3.8) is 0 Å².